The molecule has 0 unspecified atom stereocenters. The number of alkyl halides is 2. The number of carbonyl (C=O) groups excluding carboxylic acids is 1. The third-order valence-electron chi connectivity index (χ3n) is 1.88. The van der Waals surface area contributed by atoms with Crippen molar-refractivity contribution in [2.45, 2.75) is 13.3 Å². The fraction of sp³-hybridized carbons (Fsp3) is 0.400. The summed E-state index contributed by atoms with van der Waals surface area (Å²) in [5, 5.41) is 0. The van der Waals surface area contributed by atoms with Gasteiger partial charge in [-0.15, -0.1) is 0 Å². The van der Waals surface area contributed by atoms with Gasteiger partial charge in [-0.1, -0.05) is 0 Å². The van der Waals surface area contributed by atoms with Gasteiger partial charge >= 0.3 is 5.97 Å². The number of aromatic nitrogens is 1. The van der Waals surface area contributed by atoms with Crippen LogP contribution in [-0.4, -0.2) is 24.7 Å². The van der Waals surface area contributed by atoms with Crippen molar-refractivity contribution in [3.63, 3.8) is 0 Å². The van der Waals surface area contributed by atoms with Crippen LogP contribution in [0.1, 0.15) is 29.4 Å². The van der Waals surface area contributed by atoms with E-state index in [1.807, 2.05) is 0 Å². The Balaban J connectivity index is 3.32. The number of methoxy groups -OCH3 is 1. The largest absolute Gasteiger partial charge is 0.481 e. The Morgan fingerprint density at radius 3 is 2.65 bits per heavy atom. The van der Waals surface area contributed by atoms with E-state index in [9.17, 15) is 18.0 Å². The van der Waals surface area contributed by atoms with Crippen LogP contribution < -0.4 is 4.74 Å². The molecule has 17 heavy (non-hydrogen) atoms. The second-order valence-electron chi connectivity index (χ2n) is 2.93. The normalized spacial score (nSPS) is 10.5. The molecule has 0 N–H and O–H groups in total. The Bertz CT molecular complexity index is 424. The summed E-state index contributed by atoms with van der Waals surface area (Å²) in [6.07, 6.45) is -3.16. The van der Waals surface area contributed by atoms with Crippen LogP contribution in [0.2, 0.25) is 0 Å². The molecule has 0 aliphatic heterocycles. The Labute approximate surface area is 95.4 Å². The summed E-state index contributed by atoms with van der Waals surface area (Å²) >= 11 is 0. The van der Waals surface area contributed by atoms with E-state index in [1.54, 1.807) is 0 Å². The van der Waals surface area contributed by atoms with Crippen molar-refractivity contribution in [1.82, 2.24) is 4.98 Å². The lowest BCUT2D eigenvalue weighted by Crippen LogP contribution is -2.13. The van der Waals surface area contributed by atoms with Gasteiger partial charge in [-0.2, -0.15) is 0 Å². The van der Waals surface area contributed by atoms with Crippen molar-refractivity contribution < 1.29 is 27.4 Å². The third kappa shape index (κ3) is 2.86. The van der Waals surface area contributed by atoms with Gasteiger partial charge in [0.2, 0.25) is 5.88 Å². The molecule has 1 heterocycles. The van der Waals surface area contributed by atoms with Crippen LogP contribution in [-0.2, 0) is 4.74 Å². The van der Waals surface area contributed by atoms with Gasteiger partial charge < -0.3 is 9.47 Å². The Morgan fingerprint density at radius 1 is 1.53 bits per heavy atom. The maximum absolute atomic E-state index is 13.3. The zero-order valence-electron chi connectivity index (χ0n) is 9.17. The van der Waals surface area contributed by atoms with E-state index >= 15 is 0 Å². The van der Waals surface area contributed by atoms with Crippen molar-refractivity contribution in [3.8, 4) is 5.88 Å². The van der Waals surface area contributed by atoms with Crippen LogP contribution in [0.15, 0.2) is 6.07 Å². The molecule has 0 amide bonds. The molecule has 7 heteroatoms. The fourth-order valence-corrected chi connectivity index (χ4v) is 1.17. The first-order valence-corrected chi connectivity index (χ1v) is 4.71. The minimum absolute atomic E-state index is 0.0258. The van der Waals surface area contributed by atoms with Crippen molar-refractivity contribution in [3.05, 3.63) is 23.1 Å². The smallest absolute Gasteiger partial charge is 0.357 e. The Kier molecular flexibility index (Phi) is 4.30. The molecule has 0 saturated heterocycles. The minimum atomic E-state index is -3.16. The third-order valence-corrected chi connectivity index (χ3v) is 1.88. The summed E-state index contributed by atoms with van der Waals surface area (Å²) in [6, 6.07) is 0.685. The summed E-state index contributed by atoms with van der Waals surface area (Å²) < 4.78 is 47.6. The number of ether oxygens (including phenoxy) is 2. The van der Waals surface area contributed by atoms with Gasteiger partial charge in [-0.25, -0.2) is 22.9 Å². The highest BCUT2D eigenvalue weighted by atomic mass is 19.3. The van der Waals surface area contributed by atoms with Crippen molar-refractivity contribution in [2.24, 2.45) is 0 Å². The molecule has 0 fully saturated rings. The number of esters is 1. The van der Waals surface area contributed by atoms with Gasteiger partial charge in [-0.3, -0.25) is 0 Å². The molecule has 0 radical (unpaired) electrons. The summed E-state index contributed by atoms with van der Waals surface area (Å²) in [5.74, 6) is -2.63. The Morgan fingerprint density at radius 2 is 2.18 bits per heavy atom. The zero-order chi connectivity index (χ0) is 13.0. The second-order valence-corrected chi connectivity index (χ2v) is 2.93. The van der Waals surface area contributed by atoms with E-state index < -0.39 is 29.5 Å². The lowest BCUT2D eigenvalue weighted by molar-refractivity contribution is 0.0504. The summed E-state index contributed by atoms with van der Waals surface area (Å²) in [4.78, 5) is 14.8. The van der Waals surface area contributed by atoms with Gasteiger partial charge in [0.1, 0.15) is 5.82 Å². The van der Waals surface area contributed by atoms with Crippen molar-refractivity contribution in [1.29, 1.82) is 0 Å². The van der Waals surface area contributed by atoms with Crippen LogP contribution in [0, 0.1) is 5.82 Å². The number of pyridine rings is 1. The maximum Gasteiger partial charge on any atom is 0.357 e. The number of nitrogens with zero attached hydrogens (tertiary/aromatic N) is 1. The molecule has 0 aliphatic rings. The first-order valence-electron chi connectivity index (χ1n) is 4.71. The number of halogens is 3. The predicted molar refractivity (Wildman–Crippen MR) is 51.7 cm³/mol. The SMILES string of the molecule is CCOC(=O)c1nc(OC)cc(F)c1C(F)F. The average Bonchev–Trinajstić information content (AvgIpc) is 2.27. The Hall–Kier alpha value is -1.79. The highest BCUT2D eigenvalue weighted by Gasteiger charge is 2.26. The lowest BCUT2D eigenvalue weighted by Gasteiger charge is -2.10. The van der Waals surface area contributed by atoms with E-state index in [0.717, 1.165) is 0 Å². The fourth-order valence-electron chi connectivity index (χ4n) is 1.17. The second kappa shape index (κ2) is 5.51. The summed E-state index contributed by atoms with van der Waals surface area (Å²) in [7, 11) is 1.18. The minimum Gasteiger partial charge on any atom is -0.481 e. The molecular formula is C10H10F3NO3. The van der Waals surface area contributed by atoms with E-state index in [0.29, 0.717) is 6.07 Å². The number of hydrogen-bond acceptors (Lipinski definition) is 4. The van der Waals surface area contributed by atoms with Gasteiger partial charge in [0.15, 0.2) is 5.69 Å². The molecular weight excluding hydrogens is 239 g/mol. The average molecular weight is 249 g/mol. The molecule has 0 saturated carbocycles. The van der Waals surface area contributed by atoms with Crippen LogP contribution >= 0.6 is 0 Å². The predicted octanol–water partition coefficient (Wildman–Crippen LogP) is 2.34. The van der Waals surface area contributed by atoms with E-state index in [4.69, 9.17) is 0 Å². The molecule has 94 valence electrons. The molecule has 0 spiro atoms. The molecule has 0 atom stereocenters. The van der Waals surface area contributed by atoms with E-state index in [2.05, 4.69) is 14.5 Å². The topological polar surface area (TPSA) is 48.4 Å². The molecule has 1 rings (SSSR count). The maximum atomic E-state index is 13.3. The van der Waals surface area contributed by atoms with Crippen molar-refractivity contribution in [2.75, 3.05) is 13.7 Å². The van der Waals surface area contributed by atoms with Crippen LogP contribution in [0.5, 0.6) is 5.88 Å². The molecule has 0 aliphatic carbocycles. The highest BCUT2D eigenvalue weighted by Crippen LogP contribution is 2.27. The molecule has 4 nitrogen and oxygen atoms in total. The zero-order valence-corrected chi connectivity index (χ0v) is 9.17. The lowest BCUT2D eigenvalue weighted by atomic mass is 10.2. The monoisotopic (exact) mass is 249 g/mol. The van der Waals surface area contributed by atoms with Gasteiger partial charge in [0.05, 0.1) is 19.3 Å². The molecule has 0 aromatic carbocycles. The number of carbonyl (C=O) groups is 1. The van der Waals surface area contributed by atoms with Crippen LogP contribution in [0.3, 0.4) is 0 Å². The first kappa shape index (κ1) is 13.3. The van der Waals surface area contributed by atoms with Gasteiger partial charge in [0, 0.05) is 6.07 Å². The van der Waals surface area contributed by atoms with Gasteiger partial charge in [-0.05, 0) is 6.92 Å². The van der Waals surface area contributed by atoms with E-state index in [-0.39, 0.29) is 12.5 Å². The van der Waals surface area contributed by atoms with Gasteiger partial charge in [0.25, 0.3) is 6.43 Å². The molecule has 1 aromatic heterocycles. The van der Waals surface area contributed by atoms with Crippen LogP contribution in [0.4, 0.5) is 13.2 Å². The molecule has 0 bridgehead atoms. The summed E-state index contributed by atoms with van der Waals surface area (Å²) in [5.41, 5.74) is -1.84. The first-order chi connectivity index (χ1) is 8.01. The van der Waals surface area contributed by atoms with Crippen molar-refractivity contribution >= 4 is 5.97 Å². The standard InChI is InChI=1S/C10H10F3NO3/c1-3-17-10(15)8-7(9(12)13)5(11)4-6(14-8)16-2/h4,9H,3H2,1-2H3. The number of hydrogen-bond donors (Lipinski definition) is 0. The summed E-state index contributed by atoms with van der Waals surface area (Å²) in [6.45, 7) is 1.47. The van der Waals surface area contributed by atoms with E-state index in [1.165, 1.54) is 14.0 Å². The molecule has 1 aromatic rings. The van der Waals surface area contributed by atoms with Crippen LogP contribution in [0.25, 0.3) is 0 Å². The quantitative estimate of drug-likeness (QED) is 0.768. The number of rotatable bonds is 4. The highest BCUT2D eigenvalue weighted by molar-refractivity contribution is 5.89.